The molecule has 0 saturated heterocycles. The average molecular weight is 453 g/mol. The molecule has 152 valence electrons. The van der Waals surface area contributed by atoms with E-state index in [4.69, 9.17) is 0 Å². The molecule has 0 aliphatic heterocycles. The van der Waals surface area contributed by atoms with Crippen molar-refractivity contribution in [2.45, 2.75) is 64.2 Å². The second-order valence-corrected chi connectivity index (χ2v) is 10.0. The van der Waals surface area contributed by atoms with Gasteiger partial charge in [0.2, 0.25) is 0 Å². The van der Waals surface area contributed by atoms with E-state index in [1.165, 1.54) is 11.1 Å². The van der Waals surface area contributed by atoms with Crippen LogP contribution in [0.25, 0.3) is 0 Å². The number of aromatic hydroxyl groups is 1. The number of hydrogen-bond donors (Lipinski definition) is 1. The standard InChI is InChI=1S/C23H27BrF2O2/c1-23-10-9-17-16-8-6-15(27)11-13(16)5-7-18(17)21(23)14(3-2-4-20(24)28)12-19(23)22(25)26/h6,8,11,14,17-18,21,27H,2-5,7,9-10,12H2,1H3/t14-,17-,18-,21+,23-/m1/s1. The highest BCUT2D eigenvalue weighted by molar-refractivity contribution is 9.18. The largest absolute Gasteiger partial charge is 0.508 e. The van der Waals surface area contributed by atoms with Crippen molar-refractivity contribution >= 4 is 20.6 Å². The predicted molar refractivity (Wildman–Crippen MR) is 109 cm³/mol. The van der Waals surface area contributed by atoms with Crippen LogP contribution >= 0.6 is 15.9 Å². The molecule has 2 fully saturated rings. The summed E-state index contributed by atoms with van der Waals surface area (Å²) in [6.45, 7) is 2.06. The van der Waals surface area contributed by atoms with E-state index in [2.05, 4.69) is 22.9 Å². The molecule has 0 heterocycles. The monoisotopic (exact) mass is 452 g/mol. The second kappa shape index (κ2) is 7.55. The van der Waals surface area contributed by atoms with Crippen LogP contribution in [-0.2, 0) is 11.2 Å². The van der Waals surface area contributed by atoms with Gasteiger partial charge in [0.15, 0.2) is 4.69 Å². The van der Waals surface area contributed by atoms with Crippen molar-refractivity contribution in [2.75, 3.05) is 0 Å². The van der Waals surface area contributed by atoms with Crippen LogP contribution < -0.4 is 0 Å². The Labute approximate surface area is 173 Å². The van der Waals surface area contributed by atoms with Crippen LogP contribution in [0.2, 0.25) is 0 Å². The minimum absolute atomic E-state index is 0.00591. The summed E-state index contributed by atoms with van der Waals surface area (Å²) in [6.07, 6.45) is 4.67. The number of rotatable bonds is 4. The number of benzene rings is 1. The third-order valence-electron chi connectivity index (χ3n) is 7.80. The summed E-state index contributed by atoms with van der Waals surface area (Å²) in [5.74, 6) is 1.57. The molecular weight excluding hydrogens is 426 g/mol. The Morgan fingerprint density at radius 3 is 2.82 bits per heavy atom. The third-order valence-corrected chi connectivity index (χ3v) is 8.20. The van der Waals surface area contributed by atoms with Crippen LogP contribution in [0.4, 0.5) is 8.78 Å². The van der Waals surface area contributed by atoms with E-state index in [-0.39, 0.29) is 16.5 Å². The molecule has 28 heavy (non-hydrogen) atoms. The molecule has 4 rings (SSSR count). The van der Waals surface area contributed by atoms with Crippen molar-refractivity contribution in [3.05, 3.63) is 41.0 Å². The lowest BCUT2D eigenvalue weighted by Crippen LogP contribution is -2.42. The van der Waals surface area contributed by atoms with Gasteiger partial charge in [-0.3, -0.25) is 4.79 Å². The zero-order valence-electron chi connectivity index (χ0n) is 16.2. The van der Waals surface area contributed by atoms with Gasteiger partial charge in [-0.05, 0) is 113 Å². The van der Waals surface area contributed by atoms with Gasteiger partial charge in [0, 0.05) is 12.0 Å². The van der Waals surface area contributed by atoms with Crippen LogP contribution in [-0.4, -0.2) is 9.80 Å². The molecule has 3 aliphatic rings. The molecule has 1 N–H and O–H groups in total. The SMILES string of the molecule is C[C@]12CC[C@@H]3c4ccc(O)cc4CC[C@H]3[C@@H]1[C@H](CCCC(=O)Br)CC2=C(F)F. The highest BCUT2D eigenvalue weighted by atomic mass is 79.9. The highest BCUT2D eigenvalue weighted by Gasteiger charge is 2.57. The zero-order valence-corrected chi connectivity index (χ0v) is 17.8. The van der Waals surface area contributed by atoms with Crippen molar-refractivity contribution in [1.82, 2.24) is 0 Å². The maximum absolute atomic E-state index is 13.9. The molecule has 0 radical (unpaired) electrons. The maximum atomic E-state index is 13.9. The summed E-state index contributed by atoms with van der Waals surface area (Å²) >= 11 is 2.99. The van der Waals surface area contributed by atoms with Crippen LogP contribution in [0.1, 0.15) is 68.9 Å². The van der Waals surface area contributed by atoms with Crippen LogP contribution in [0.3, 0.4) is 0 Å². The van der Waals surface area contributed by atoms with Gasteiger partial charge in [0.25, 0.3) is 6.08 Å². The first kappa shape index (κ1) is 20.1. The van der Waals surface area contributed by atoms with Crippen molar-refractivity contribution in [2.24, 2.45) is 23.2 Å². The number of aryl methyl sites for hydroxylation is 1. The van der Waals surface area contributed by atoms with Gasteiger partial charge in [-0.25, -0.2) is 0 Å². The molecule has 0 spiro atoms. The first-order valence-corrected chi connectivity index (χ1v) is 11.2. The van der Waals surface area contributed by atoms with E-state index in [0.717, 1.165) is 38.5 Å². The van der Waals surface area contributed by atoms with E-state index in [9.17, 15) is 18.7 Å². The molecule has 0 amide bonds. The summed E-state index contributed by atoms with van der Waals surface area (Å²) in [4.78, 5) is 11.3. The summed E-state index contributed by atoms with van der Waals surface area (Å²) in [5.41, 5.74) is 2.49. The van der Waals surface area contributed by atoms with Gasteiger partial charge in [-0.1, -0.05) is 13.0 Å². The number of halogens is 3. The van der Waals surface area contributed by atoms with Crippen molar-refractivity contribution < 1.29 is 18.7 Å². The number of fused-ring (bicyclic) bond motifs is 5. The minimum atomic E-state index is -1.48. The molecular formula is C23H27BrF2O2. The van der Waals surface area contributed by atoms with Gasteiger partial charge in [-0.2, -0.15) is 8.78 Å². The smallest absolute Gasteiger partial charge is 0.270 e. The molecule has 3 aliphatic carbocycles. The molecule has 1 aromatic carbocycles. The molecule has 0 aromatic heterocycles. The number of allylic oxidation sites excluding steroid dienone is 1. The Morgan fingerprint density at radius 2 is 2.11 bits per heavy atom. The fraction of sp³-hybridized carbons (Fsp3) is 0.609. The average Bonchev–Trinajstić information content (AvgIpc) is 2.94. The number of phenolic OH excluding ortho intramolecular Hbond substituents is 1. The number of hydrogen-bond acceptors (Lipinski definition) is 2. The quantitative estimate of drug-likeness (QED) is 0.514. The van der Waals surface area contributed by atoms with Gasteiger partial charge >= 0.3 is 0 Å². The number of carbonyl (C=O) groups is 1. The topological polar surface area (TPSA) is 37.3 Å². The lowest BCUT2D eigenvalue weighted by atomic mass is 9.53. The summed E-state index contributed by atoms with van der Waals surface area (Å²) < 4.78 is 27.7. The molecule has 5 atom stereocenters. The van der Waals surface area contributed by atoms with Gasteiger partial charge in [0.05, 0.1) is 0 Å². The van der Waals surface area contributed by atoms with Gasteiger partial charge < -0.3 is 5.11 Å². The van der Waals surface area contributed by atoms with E-state index in [0.29, 0.717) is 36.0 Å². The lowest BCUT2D eigenvalue weighted by Gasteiger charge is -2.51. The Hall–Kier alpha value is -1.23. The predicted octanol–water partition coefficient (Wildman–Crippen LogP) is 6.72. The number of carbonyl (C=O) groups excluding carboxylic acids is 1. The molecule has 0 unspecified atom stereocenters. The zero-order chi connectivity index (χ0) is 20.1. The fourth-order valence-corrected chi connectivity index (χ4v) is 7.02. The van der Waals surface area contributed by atoms with Crippen LogP contribution in [0.15, 0.2) is 29.9 Å². The minimum Gasteiger partial charge on any atom is -0.508 e. The van der Waals surface area contributed by atoms with Gasteiger partial charge in [-0.15, -0.1) is 0 Å². The second-order valence-electron chi connectivity index (χ2n) is 9.12. The molecule has 2 saturated carbocycles. The number of phenols is 1. The van der Waals surface area contributed by atoms with E-state index in [1.807, 2.05) is 12.1 Å². The first-order valence-electron chi connectivity index (χ1n) is 10.4. The Balaban J connectivity index is 1.67. The normalized spacial score (nSPS) is 33.8. The summed E-state index contributed by atoms with van der Waals surface area (Å²) in [5, 5.41) is 9.83. The van der Waals surface area contributed by atoms with E-state index < -0.39 is 11.5 Å². The lowest BCUT2D eigenvalue weighted by molar-refractivity contribution is -0.110. The molecule has 2 nitrogen and oxygen atoms in total. The molecule has 5 heteroatoms. The highest BCUT2D eigenvalue weighted by Crippen LogP contribution is 2.66. The maximum Gasteiger partial charge on any atom is 0.270 e. The third kappa shape index (κ3) is 3.34. The van der Waals surface area contributed by atoms with Crippen molar-refractivity contribution in [3.63, 3.8) is 0 Å². The van der Waals surface area contributed by atoms with Crippen LogP contribution in [0.5, 0.6) is 5.75 Å². The summed E-state index contributed by atoms with van der Waals surface area (Å²) in [7, 11) is 0. The summed E-state index contributed by atoms with van der Waals surface area (Å²) in [6, 6.07) is 5.68. The Bertz CT molecular complexity index is 817. The van der Waals surface area contributed by atoms with E-state index >= 15 is 0 Å². The first-order chi connectivity index (χ1) is 13.3. The van der Waals surface area contributed by atoms with Crippen molar-refractivity contribution in [3.8, 4) is 5.75 Å². The van der Waals surface area contributed by atoms with Crippen LogP contribution in [0, 0.1) is 23.2 Å². The Kier molecular flexibility index (Phi) is 5.41. The Morgan fingerprint density at radius 1 is 1.32 bits per heavy atom. The van der Waals surface area contributed by atoms with E-state index in [1.54, 1.807) is 6.07 Å². The van der Waals surface area contributed by atoms with Gasteiger partial charge in [0.1, 0.15) is 5.75 Å². The fourth-order valence-electron chi connectivity index (χ4n) is 6.74. The van der Waals surface area contributed by atoms with Crippen molar-refractivity contribution in [1.29, 1.82) is 0 Å². The molecule has 1 aromatic rings. The molecule has 0 bridgehead atoms.